The van der Waals surface area contributed by atoms with E-state index in [9.17, 15) is 23.0 Å². The summed E-state index contributed by atoms with van der Waals surface area (Å²) in [5.41, 5.74) is 3.87. The SMILES string of the molecule is O=C(NCC[S@@](=O)Cc1ccccc1)c1ccc(N2C[C@H]3C[C@@H](C2)c2cccc(=O)n2C3)c(NC(=O)c2ccc(F)cc2)c1. The molecule has 2 aliphatic rings. The first-order chi connectivity index (χ1) is 21.3. The predicted octanol–water partition coefficient (Wildman–Crippen LogP) is 4.54. The third kappa shape index (κ3) is 6.65. The van der Waals surface area contributed by atoms with E-state index in [4.69, 9.17) is 0 Å². The average Bonchev–Trinajstić information content (AvgIpc) is 3.02. The fourth-order valence-corrected chi connectivity index (χ4v) is 7.19. The summed E-state index contributed by atoms with van der Waals surface area (Å²) in [7, 11) is -1.13. The standard InChI is InChI=1S/C34H33FN4O4S/c35-28-12-9-25(10-13-28)34(42)37-29-18-26(33(41)36-15-16-44(43)22-23-5-2-1-3-6-23)11-14-31(29)38-19-24-17-27(21-38)30-7-4-8-32(40)39(30)20-24/h1-14,18,24,27H,15-17,19-22H2,(H,36,41)(H,37,42)/t24-,27+,44-/m1/s1. The van der Waals surface area contributed by atoms with Gasteiger partial charge in [-0.15, -0.1) is 0 Å². The molecule has 6 rings (SSSR count). The molecule has 2 bridgehead atoms. The number of rotatable bonds is 9. The lowest BCUT2D eigenvalue weighted by atomic mass is 9.83. The van der Waals surface area contributed by atoms with Crippen LogP contribution in [0.5, 0.6) is 0 Å². The van der Waals surface area contributed by atoms with Crippen molar-refractivity contribution in [2.75, 3.05) is 35.6 Å². The highest BCUT2D eigenvalue weighted by Crippen LogP contribution is 2.39. The van der Waals surface area contributed by atoms with Crippen LogP contribution >= 0.6 is 0 Å². The highest BCUT2D eigenvalue weighted by Gasteiger charge is 2.35. The molecule has 44 heavy (non-hydrogen) atoms. The van der Waals surface area contributed by atoms with Crippen LogP contribution < -0.4 is 21.1 Å². The number of fused-ring (bicyclic) bond motifs is 4. The topological polar surface area (TPSA) is 101 Å². The largest absolute Gasteiger partial charge is 0.369 e. The van der Waals surface area contributed by atoms with E-state index in [0.29, 0.717) is 42.4 Å². The second-order valence-electron chi connectivity index (χ2n) is 11.3. The maximum absolute atomic E-state index is 13.5. The third-order valence-electron chi connectivity index (χ3n) is 8.22. The zero-order chi connectivity index (χ0) is 30.6. The van der Waals surface area contributed by atoms with Gasteiger partial charge in [0.25, 0.3) is 17.4 Å². The van der Waals surface area contributed by atoms with Gasteiger partial charge < -0.3 is 20.1 Å². The van der Waals surface area contributed by atoms with Crippen LogP contribution in [0.1, 0.15) is 44.3 Å². The second-order valence-corrected chi connectivity index (χ2v) is 12.9. The molecule has 1 saturated heterocycles. The average molecular weight is 613 g/mol. The molecule has 4 aromatic rings. The quantitative estimate of drug-likeness (QED) is 0.289. The van der Waals surface area contributed by atoms with E-state index in [-0.39, 0.29) is 35.4 Å². The number of benzene rings is 3. The zero-order valence-corrected chi connectivity index (χ0v) is 24.9. The van der Waals surface area contributed by atoms with Crippen molar-refractivity contribution < 1.29 is 18.2 Å². The summed E-state index contributed by atoms with van der Waals surface area (Å²) in [5, 5.41) is 5.80. The Morgan fingerprint density at radius 2 is 1.64 bits per heavy atom. The van der Waals surface area contributed by atoms with Gasteiger partial charge in [-0.25, -0.2) is 4.39 Å². The first kappa shape index (κ1) is 29.5. The molecule has 8 nitrogen and oxygen atoms in total. The zero-order valence-electron chi connectivity index (χ0n) is 24.1. The number of hydrogen-bond donors (Lipinski definition) is 2. The lowest BCUT2D eigenvalue weighted by Gasteiger charge is -2.44. The molecule has 2 aliphatic heterocycles. The van der Waals surface area contributed by atoms with Crippen molar-refractivity contribution in [3.05, 3.63) is 130 Å². The van der Waals surface area contributed by atoms with Gasteiger partial charge in [-0.3, -0.25) is 18.6 Å². The molecule has 0 spiro atoms. The Labute approximate surface area is 257 Å². The lowest BCUT2D eigenvalue weighted by Crippen LogP contribution is -2.47. The Bertz CT molecular complexity index is 1760. The fourth-order valence-electron chi connectivity index (χ4n) is 6.15. The van der Waals surface area contributed by atoms with Crippen LogP contribution in [0.2, 0.25) is 0 Å². The van der Waals surface area contributed by atoms with E-state index in [1.807, 2.05) is 47.0 Å². The van der Waals surface area contributed by atoms with E-state index in [2.05, 4.69) is 15.5 Å². The summed E-state index contributed by atoms with van der Waals surface area (Å²) < 4.78 is 27.9. The summed E-state index contributed by atoms with van der Waals surface area (Å²) >= 11 is 0. The van der Waals surface area contributed by atoms with E-state index in [1.165, 1.54) is 24.3 Å². The number of anilines is 2. The summed E-state index contributed by atoms with van der Waals surface area (Å²) in [6, 6.07) is 25.5. The number of aromatic nitrogens is 1. The number of nitrogens with zero attached hydrogens (tertiary/aromatic N) is 2. The minimum Gasteiger partial charge on any atom is -0.369 e. The van der Waals surface area contributed by atoms with Crippen LogP contribution in [-0.2, 0) is 23.1 Å². The Kier molecular flexibility index (Phi) is 8.70. The van der Waals surface area contributed by atoms with E-state index in [1.54, 1.807) is 24.3 Å². The molecule has 0 unspecified atom stereocenters. The van der Waals surface area contributed by atoms with Crippen LogP contribution in [0.15, 0.2) is 95.8 Å². The normalized spacial score (nSPS) is 17.8. The number of piperidine rings is 1. The molecule has 3 aromatic carbocycles. The van der Waals surface area contributed by atoms with Gasteiger partial charge >= 0.3 is 0 Å². The number of carbonyl (C=O) groups excluding carboxylic acids is 2. The molecular weight excluding hydrogens is 579 g/mol. The first-order valence-electron chi connectivity index (χ1n) is 14.7. The molecule has 1 fully saturated rings. The van der Waals surface area contributed by atoms with Gasteiger partial charge in [-0.05, 0) is 66.4 Å². The molecule has 0 saturated carbocycles. The van der Waals surface area contributed by atoms with Crippen molar-refractivity contribution >= 4 is 34.0 Å². The van der Waals surface area contributed by atoms with Crippen molar-refractivity contribution in [2.45, 2.75) is 24.6 Å². The van der Waals surface area contributed by atoms with Gasteiger partial charge in [0.2, 0.25) is 0 Å². The summed E-state index contributed by atoms with van der Waals surface area (Å²) in [5.74, 6) is -0.0671. The van der Waals surface area contributed by atoms with Crippen LogP contribution in [0, 0.1) is 11.7 Å². The van der Waals surface area contributed by atoms with Crippen molar-refractivity contribution in [3.63, 3.8) is 0 Å². The maximum Gasteiger partial charge on any atom is 0.255 e. The predicted molar refractivity (Wildman–Crippen MR) is 170 cm³/mol. The van der Waals surface area contributed by atoms with Crippen molar-refractivity contribution in [2.24, 2.45) is 5.92 Å². The Balaban J connectivity index is 1.21. The van der Waals surface area contributed by atoms with Crippen molar-refractivity contribution in [1.82, 2.24) is 9.88 Å². The maximum atomic E-state index is 13.5. The second kappa shape index (κ2) is 13.0. The van der Waals surface area contributed by atoms with Gasteiger partial charge in [0.15, 0.2) is 0 Å². The summed E-state index contributed by atoms with van der Waals surface area (Å²) in [6.45, 7) is 2.21. The highest BCUT2D eigenvalue weighted by atomic mass is 32.2. The van der Waals surface area contributed by atoms with E-state index in [0.717, 1.165) is 23.4 Å². The van der Waals surface area contributed by atoms with Crippen molar-refractivity contribution in [3.8, 4) is 0 Å². The minimum atomic E-state index is -1.13. The number of amides is 2. The molecule has 226 valence electrons. The number of pyridine rings is 1. The van der Waals surface area contributed by atoms with Crippen LogP contribution in [0.4, 0.5) is 15.8 Å². The Hall–Kier alpha value is -4.57. The molecule has 3 atom stereocenters. The Morgan fingerprint density at radius 1 is 0.864 bits per heavy atom. The van der Waals surface area contributed by atoms with Gasteiger partial charge in [0, 0.05) is 77.3 Å². The lowest BCUT2D eigenvalue weighted by molar-refractivity contribution is 0.0954. The monoisotopic (exact) mass is 612 g/mol. The molecular formula is C34H33FN4O4S. The van der Waals surface area contributed by atoms with Gasteiger partial charge in [-0.1, -0.05) is 36.4 Å². The molecule has 0 radical (unpaired) electrons. The van der Waals surface area contributed by atoms with E-state index >= 15 is 0 Å². The summed E-state index contributed by atoms with van der Waals surface area (Å²) in [4.78, 5) is 41.0. The molecule has 0 aliphatic carbocycles. The summed E-state index contributed by atoms with van der Waals surface area (Å²) in [6.07, 6.45) is 0.976. The molecule has 3 heterocycles. The number of halogens is 1. The Morgan fingerprint density at radius 3 is 2.43 bits per heavy atom. The van der Waals surface area contributed by atoms with Gasteiger partial charge in [0.1, 0.15) is 5.82 Å². The van der Waals surface area contributed by atoms with Crippen LogP contribution in [0.25, 0.3) is 0 Å². The van der Waals surface area contributed by atoms with Crippen LogP contribution in [0.3, 0.4) is 0 Å². The van der Waals surface area contributed by atoms with Gasteiger partial charge in [-0.2, -0.15) is 0 Å². The van der Waals surface area contributed by atoms with Crippen LogP contribution in [-0.4, -0.2) is 46.0 Å². The molecule has 1 aromatic heterocycles. The number of nitrogens with one attached hydrogen (secondary N) is 2. The first-order valence-corrected chi connectivity index (χ1v) is 16.2. The minimum absolute atomic E-state index is 0.0113. The number of hydrogen-bond acceptors (Lipinski definition) is 5. The molecule has 2 N–H and O–H groups in total. The third-order valence-corrected chi connectivity index (χ3v) is 9.53. The van der Waals surface area contributed by atoms with Gasteiger partial charge in [0.05, 0.1) is 11.4 Å². The van der Waals surface area contributed by atoms with E-state index < -0.39 is 22.5 Å². The fraction of sp³-hybridized carbons (Fsp3) is 0.265. The molecule has 2 amide bonds. The smallest absolute Gasteiger partial charge is 0.255 e. The number of carbonyl (C=O) groups is 2. The highest BCUT2D eigenvalue weighted by molar-refractivity contribution is 7.84. The van der Waals surface area contributed by atoms with Crippen molar-refractivity contribution in [1.29, 1.82) is 0 Å². The molecule has 10 heteroatoms.